The molecule has 0 amide bonds. The normalized spacial score (nSPS) is 24.6. The van der Waals surface area contributed by atoms with Gasteiger partial charge in [-0.3, -0.25) is 0 Å². The molecule has 1 aliphatic carbocycles. The molecular formula is C16H21N3. The van der Waals surface area contributed by atoms with Crippen LogP contribution in [0.15, 0.2) is 34.1 Å². The lowest BCUT2D eigenvalue weighted by molar-refractivity contribution is 0.604. The Balaban J connectivity index is 2.13. The van der Waals surface area contributed by atoms with Crippen molar-refractivity contribution >= 4 is 5.57 Å². The topological polar surface area (TPSA) is 50.7 Å². The molecule has 19 heavy (non-hydrogen) atoms. The van der Waals surface area contributed by atoms with Crippen molar-refractivity contribution in [3.8, 4) is 0 Å². The van der Waals surface area contributed by atoms with Crippen LogP contribution in [-0.2, 0) is 5.41 Å². The van der Waals surface area contributed by atoms with Crippen LogP contribution >= 0.6 is 0 Å². The van der Waals surface area contributed by atoms with Gasteiger partial charge in [0.2, 0.25) is 0 Å². The van der Waals surface area contributed by atoms with Gasteiger partial charge in [0.15, 0.2) is 0 Å². The van der Waals surface area contributed by atoms with Crippen LogP contribution < -0.4 is 5.73 Å². The molecule has 0 spiro atoms. The van der Waals surface area contributed by atoms with Gasteiger partial charge in [0.05, 0.1) is 5.70 Å². The van der Waals surface area contributed by atoms with Crippen LogP contribution in [0.25, 0.3) is 5.57 Å². The minimum atomic E-state index is -0.0333. The van der Waals surface area contributed by atoms with Crippen molar-refractivity contribution < 1.29 is 0 Å². The zero-order valence-corrected chi connectivity index (χ0v) is 12.1. The van der Waals surface area contributed by atoms with Crippen LogP contribution in [-0.4, -0.2) is 12.1 Å². The minimum absolute atomic E-state index is 0.0333. The lowest BCUT2D eigenvalue weighted by atomic mass is 9.84. The van der Waals surface area contributed by atoms with Gasteiger partial charge in [0, 0.05) is 17.0 Å². The van der Waals surface area contributed by atoms with Crippen molar-refractivity contribution in [2.45, 2.75) is 51.6 Å². The maximum absolute atomic E-state index is 5.95. The zero-order valence-electron chi connectivity index (χ0n) is 12.1. The third kappa shape index (κ3) is 1.76. The number of fused-ring (bicyclic) bond motifs is 2. The molecule has 1 aromatic rings. The van der Waals surface area contributed by atoms with Gasteiger partial charge in [-0.1, -0.05) is 37.6 Å². The molecule has 0 aromatic heterocycles. The van der Waals surface area contributed by atoms with Crippen LogP contribution in [0.5, 0.6) is 0 Å². The third-order valence-corrected chi connectivity index (χ3v) is 4.21. The quantitative estimate of drug-likeness (QED) is 0.863. The fourth-order valence-corrected chi connectivity index (χ4v) is 3.24. The van der Waals surface area contributed by atoms with E-state index in [0.29, 0.717) is 0 Å². The smallest absolute Gasteiger partial charge is 0.100 e. The van der Waals surface area contributed by atoms with Gasteiger partial charge in [0.25, 0.3) is 0 Å². The first-order valence-corrected chi connectivity index (χ1v) is 6.94. The van der Waals surface area contributed by atoms with Crippen molar-refractivity contribution in [3.63, 3.8) is 0 Å². The van der Waals surface area contributed by atoms with Crippen molar-refractivity contribution in [1.29, 1.82) is 0 Å². The number of aryl methyl sites for hydroxylation is 1. The van der Waals surface area contributed by atoms with Gasteiger partial charge in [-0.2, -0.15) is 10.2 Å². The van der Waals surface area contributed by atoms with E-state index >= 15 is 0 Å². The minimum Gasteiger partial charge on any atom is -0.328 e. The van der Waals surface area contributed by atoms with Crippen molar-refractivity contribution in [1.82, 2.24) is 0 Å². The van der Waals surface area contributed by atoms with Gasteiger partial charge in [0.1, 0.15) is 6.04 Å². The van der Waals surface area contributed by atoms with E-state index in [1.807, 2.05) is 6.92 Å². The van der Waals surface area contributed by atoms with E-state index in [9.17, 15) is 0 Å². The standard InChI is InChI=1S/C16H21N3/c1-9-5-6-12-11(7-9)14-13(8-10(2)17)18-19-15(14)16(12,3)4/h5-7,10,13H,8,17H2,1-4H3/t10-,13?/m0/s1. The first-order chi connectivity index (χ1) is 8.91. The molecule has 2 aliphatic rings. The van der Waals surface area contributed by atoms with Crippen molar-refractivity contribution in [2.24, 2.45) is 16.0 Å². The van der Waals surface area contributed by atoms with Gasteiger partial charge < -0.3 is 5.73 Å². The molecule has 100 valence electrons. The van der Waals surface area contributed by atoms with Gasteiger partial charge >= 0.3 is 0 Å². The molecule has 0 fully saturated rings. The number of hydrogen-bond acceptors (Lipinski definition) is 3. The molecule has 0 saturated heterocycles. The highest BCUT2D eigenvalue weighted by Crippen LogP contribution is 2.52. The first-order valence-electron chi connectivity index (χ1n) is 6.94. The Kier molecular flexibility index (Phi) is 2.65. The molecule has 1 aromatic carbocycles. The van der Waals surface area contributed by atoms with E-state index < -0.39 is 0 Å². The maximum Gasteiger partial charge on any atom is 0.100 e. The summed E-state index contributed by atoms with van der Waals surface area (Å²) in [6, 6.07) is 6.97. The van der Waals surface area contributed by atoms with E-state index in [1.54, 1.807) is 0 Å². The van der Waals surface area contributed by atoms with E-state index in [4.69, 9.17) is 5.73 Å². The molecule has 0 bridgehead atoms. The Hall–Kier alpha value is -1.48. The molecule has 1 unspecified atom stereocenters. The Morgan fingerprint density at radius 2 is 2.11 bits per heavy atom. The molecule has 1 aliphatic heterocycles. The van der Waals surface area contributed by atoms with Crippen LogP contribution in [0.2, 0.25) is 0 Å². The fraction of sp³-hybridized carbons (Fsp3) is 0.500. The van der Waals surface area contributed by atoms with E-state index in [-0.39, 0.29) is 17.5 Å². The average Bonchev–Trinajstić information content (AvgIpc) is 2.79. The van der Waals surface area contributed by atoms with Crippen molar-refractivity contribution in [3.05, 3.63) is 40.6 Å². The molecule has 0 radical (unpaired) electrons. The summed E-state index contributed by atoms with van der Waals surface area (Å²) >= 11 is 0. The number of nitrogens with zero attached hydrogens (tertiary/aromatic N) is 2. The van der Waals surface area contributed by atoms with Crippen LogP contribution in [0.4, 0.5) is 0 Å². The van der Waals surface area contributed by atoms with Gasteiger partial charge in [-0.05, 0) is 31.4 Å². The van der Waals surface area contributed by atoms with Crippen LogP contribution in [0.1, 0.15) is 43.9 Å². The highest BCUT2D eigenvalue weighted by Gasteiger charge is 2.43. The number of hydrogen-bond donors (Lipinski definition) is 1. The summed E-state index contributed by atoms with van der Waals surface area (Å²) in [6.45, 7) is 8.63. The average molecular weight is 255 g/mol. The molecule has 0 saturated carbocycles. The Labute approximate surface area is 114 Å². The number of rotatable bonds is 2. The maximum atomic E-state index is 5.95. The Bertz CT molecular complexity index is 594. The lowest BCUT2D eigenvalue weighted by Crippen LogP contribution is -2.21. The van der Waals surface area contributed by atoms with Crippen molar-refractivity contribution in [2.75, 3.05) is 0 Å². The second-order valence-corrected chi connectivity index (χ2v) is 6.38. The predicted octanol–water partition coefficient (Wildman–Crippen LogP) is 3.57. The molecule has 3 heteroatoms. The third-order valence-electron chi connectivity index (χ3n) is 4.21. The second kappa shape index (κ2) is 4.01. The first kappa shape index (κ1) is 12.5. The highest BCUT2D eigenvalue weighted by atomic mass is 15.2. The van der Waals surface area contributed by atoms with E-state index in [1.165, 1.54) is 22.3 Å². The number of azo groups is 1. The number of benzene rings is 1. The lowest BCUT2D eigenvalue weighted by Gasteiger charge is -2.21. The fourth-order valence-electron chi connectivity index (χ4n) is 3.24. The summed E-state index contributed by atoms with van der Waals surface area (Å²) in [6.07, 6.45) is 0.867. The summed E-state index contributed by atoms with van der Waals surface area (Å²) in [5.74, 6) is 0. The second-order valence-electron chi connectivity index (χ2n) is 6.38. The largest absolute Gasteiger partial charge is 0.328 e. The summed E-state index contributed by atoms with van der Waals surface area (Å²) in [4.78, 5) is 0. The SMILES string of the molecule is Cc1ccc2c(c1)C1=C(N=NC1C[C@H](C)N)C2(C)C. The summed E-state index contributed by atoms with van der Waals surface area (Å²) in [5, 5.41) is 8.93. The van der Waals surface area contributed by atoms with E-state index in [0.717, 1.165) is 12.1 Å². The van der Waals surface area contributed by atoms with Crippen LogP contribution in [0.3, 0.4) is 0 Å². The zero-order chi connectivity index (χ0) is 13.8. The molecule has 3 nitrogen and oxygen atoms in total. The summed E-state index contributed by atoms with van der Waals surface area (Å²) in [7, 11) is 0. The predicted molar refractivity (Wildman–Crippen MR) is 78.0 cm³/mol. The molecule has 1 heterocycles. The monoisotopic (exact) mass is 255 g/mol. The van der Waals surface area contributed by atoms with E-state index in [2.05, 4.69) is 49.2 Å². The highest BCUT2D eigenvalue weighted by molar-refractivity contribution is 5.84. The summed E-state index contributed by atoms with van der Waals surface area (Å²) in [5.41, 5.74) is 12.3. The number of allylic oxidation sites excluding steroid dienone is 1. The molecule has 2 N–H and O–H groups in total. The molecule has 3 rings (SSSR count). The van der Waals surface area contributed by atoms with Gasteiger partial charge in [-0.15, -0.1) is 0 Å². The van der Waals surface area contributed by atoms with Crippen LogP contribution in [0, 0.1) is 6.92 Å². The van der Waals surface area contributed by atoms with Gasteiger partial charge in [-0.25, -0.2) is 0 Å². The molecular weight excluding hydrogens is 234 g/mol. The summed E-state index contributed by atoms with van der Waals surface area (Å²) < 4.78 is 0. The Morgan fingerprint density at radius 1 is 1.37 bits per heavy atom. The number of nitrogens with two attached hydrogens (primary N) is 1. The molecule has 2 atom stereocenters. The Morgan fingerprint density at radius 3 is 2.79 bits per heavy atom.